The molecule has 2 aromatic carbocycles. The highest BCUT2D eigenvalue weighted by Crippen LogP contribution is 2.31. The van der Waals surface area contributed by atoms with E-state index >= 15 is 0 Å². The summed E-state index contributed by atoms with van der Waals surface area (Å²) in [6.45, 7) is 2.50. The van der Waals surface area contributed by atoms with E-state index in [1.54, 1.807) is 9.80 Å². The minimum atomic E-state index is -0.600. The van der Waals surface area contributed by atoms with Gasteiger partial charge in [0.05, 0.1) is 12.0 Å². The van der Waals surface area contributed by atoms with Crippen LogP contribution in [0.1, 0.15) is 15.9 Å². The lowest BCUT2D eigenvalue weighted by molar-refractivity contribution is -0.131. The van der Waals surface area contributed by atoms with Crippen molar-refractivity contribution in [3.05, 3.63) is 58.4 Å². The first-order valence-corrected chi connectivity index (χ1v) is 9.80. The number of piperazine rings is 1. The minimum absolute atomic E-state index is 0.0253. The van der Waals surface area contributed by atoms with Crippen LogP contribution in [0.2, 0.25) is 5.02 Å². The average Bonchev–Trinajstić information content (AvgIpc) is 2.75. The van der Waals surface area contributed by atoms with Crippen LogP contribution in [0.15, 0.2) is 36.4 Å². The number of hydrogen-bond donors (Lipinski definition) is 0. The Balaban J connectivity index is 1.35. The highest BCUT2D eigenvalue weighted by molar-refractivity contribution is 6.31. The molecule has 0 unspecified atom stereocenters. The Morgan fingerprint density at radius 2 is 1.62 bits per heavy atom. The molecule has 0 bridgehead atoms. The standard InChI is InChI=1S/C21H20ClFN2O4/c22-15-2-3-17(23)16(13-15)21(27)25-7-5-24(6-8-25)20(26)12-14-1-4-18-19(11-14)29-10-9-28-18/h1-4,11,13H,5-10,12H2. The van der Waals surface area contributed by atoms with E-state index in [1.165, 1.54) is 18.2 Å². The first-order chi connectivity index (χ1) is 14.0. The predicted octanol–water partition coefficient (Wildman–Crippen LogP) is 2.78. The second-order valence-corrected chi connectivity index (χ2v) is 7.39. The number of fused-ring (bicyclic) bond motifs is 1. The van der Waals surface area contributed by atoms with Crippen LogP contribution in [0.3, 0.4) is 0 Å². The fourth-order valence-corrected chi connectivity index (χ4v) is 3.65. The second-order valence-electron chi connectivity index (χ2n) is 6.95. The number of benzene rings is 2. The van der Waals surface area contributed by atoms with Gasteiger partial charge in [0.1, 0.15) is 19.0 Å². The smallest absolute Gasteiger partial charge is 0.257 e. The molecular formula is C21H20ClFN2O4. The quantitative estimate of drug-likeness (QED) is 0.769. The average molecular weight is 419 g/mol. The van der Waals surface area contributed by atoms with Gasteiger partial charge in [-0.1, -0.05) is 17.7 Å². The van der Waals surface area contributed by atoms with Crippen molar-refractivity contribution < 1.29 is 23.5 Å². The van der Waals surface area contributed by atoms with Gasteiger partial charge in [0.25, 0.3) is 5.91 Å². The van der Waals surface area contributed by atoms with Crippen LogP contribution in [0.4, 0.5) is 4.39 Å². The number of carbonyl (C=O) groups excluding carboxylic acids is 2. The zero-order chi connectivity index (χ0) is 20.4. The molecular weight excluding hydrogens is 399 g/mol. The molecule has 2 amide bonds. The van der Waals surface area contributed by atoms with Gasteiger partial charge in [0, 0.05) is 31.2 Å². The van der Waals surface area contributed by atoms with Gasteiger partial charge in [0.15, 0.2) is 11.5 Å². The van der Waals surface area contributed by atoms with Crippen molar-refractivity contribution in [2.75, 3.05) is 39.4 Å². The van der Waals surface area contributed by atoms with E-state index in [-0.39, 0.29) is 17.9 Å². The monoisotopic (exact) mass is 418 g/mol. The summed E-state index contributed by atoms with van der Waals surface area (Å²) in [5.74, 6) is 0.302. The van der Waals surface area contributed by atoms with Crippen LogP contribution < -0.4 is 9.47 Å². The molecule has 1 saturated heterocycles. The first kappa shape index (κ1) is 19.5. The normalized spacial score (nSPS) is 15.9. The van der Waals surface area contributed by atoms with Crippen LogP contribution in [-0.2, 0) is 11.2 Å². The maximum atomic E-state index is 14.0. The summed E-state index contributed by atoms with van der Waals surface area (Å²) in [6, 6.07) is 9.41. The zero-order valence-corrected chi connectivity index (χ0v) is 16.5. The molecule has 0 aliphatic carbocycles. The maximum absolute atomic E-state index is 14.0. The third-order valence-electron chi connectivity index (χ3n) is 5.04. The number of carbonyl (C=O) groups is 2. The summed E-state index contributed by atoms with van der Waals surface area (Å²) >= 11 is 5.88. The van der Waals surface area contributed by atoms with Gasteiger partial charge >= 0.3 is 0 Å². The Kier molecular flexibility index (Phi) is 5.58. The first-order valence-electron chi connectivity index (χ1n) is 9.42. The maximum Gasteiger partial charge on any atom is 0.257 e. The fourth-order valence-electron chi connectivity index (χ4n) is 3.47. The van der Waals surface area contributed by atoms with Crippen molar-refractivity contribution in [3.63, 3.8) is 0 Å². The molecule has 0 radical (unpaired) electrons. The fraction of sp³-hybridized carbons (Fsp3) is 0.333. The molecule has 0 atom stereocenters. The number of amides is 2. The van der Waals surface area contributed by atoms with Crippen LogP contribution >= 0.6 is 11.6 Å². The Morgan fingerprint density at radius 3 is 2.38 bits per heavy atom. The molecule has 2 aliphatic rings. The zero-order valence-electron chi connectivity index (χ0n) is 15.7. The Bertz CT molecular complexity index is 944. The number of ether oxygens (including phenoxy) is 2. The molecule has 4 rings (SSSR count). The van der Waals surface area contributed by atoms with Crippen molar-refractivity contribution in [1.29, 1.82) is 0 Å². The van der Waals surface area contributed by atoms with Gasteiger partial charge in [-0.3, -0.25) is 9.59 Å². The Morgan fingerprint density at radius 1 is 0.931 bits per heavy atom. The predicted molar refractivity (Wildman–Crippen MR) is 105 cm³/mol. The molecule has 0 saturated carbocycles. The summed E-state index contributed by atoms with van der Waals surface area (Å²) in [5, 5.41) is 0.308. The summed E-state index contributed by atoms with van der Waals surface area (Å²) in [6.07, 6.45) is 0.244. The van der Waals surface area contributed by atoms with Gasteiger partial charge < -0.3 is 19.3 Å². The van der Waals surface area contributed by atoms with Crippen molar-refractivity contribution in [2.45, 2.75) is 6.42 Å². The number of hydrogen-bond acceptors (Lipinski definition) is 4. The van der Waals surface area contributed by atoms with E-state index < -0.39 is 11.7 Å². The van der Waals surface area contributed by atoms with Gasteiger partial charge in [-0.2, -0.15) is 0 Å². The van der Waals surface area contributed by atoms with E-state index in [1.807, 2.05) is 18.2 Å². The molecule has 152 valence electrons. The highest BCUT2D eigenvalue weighted by atomic mass is 35.5. The van der Waals surface area contributed by atoms with Crippen molar-refractivity contribution in [1.82, 2.24) is 9.80 Å². The van der Waals surface area contributed by atoms with Gasteiger partial charge in [-0.15, -0.1) is 0 Å². The van der Waals surface area contributed by atoms with Gasteiger partial charge in [-0.05, 0) is 35.9 Å². The number of rotatable bonds is 3. The topological polar surface area (TPSA) is 59.1 Å². The molecule has 2 aliphatic heterocycles. The molecule has 1 fully saturated rings. The number of nitrogens with zero attached hydrogens (tertiary/aromatic N) is 2. The third kappa shape index (κ3) is 4.29. The largest absolute Gasteiger partial charge is 0.486 e. The van der Waals surface area contributed by atoms with E-state index in [9.17, 15) is 14.0 Å². The van der Waals surface area contributed by atoms with Crippen LogP contribution in [-0.4, -0.2) is 61.0 Å². The van der Waals surface area contributed by atoms with E-state index in [0.29, 0.717) is 55.9 Å². The van der Waals surface area contributed by atoms with Gasteiger partial charge in [0.2, 0.25) is 5.91 Å². The molecule has 8 heteroatoms. The summed E-state index contributed by atoms with van der Waals surface area (Å²) < 4.78 is 25.0. The Hall–Kier alpha value is -2.80. The Labute approximate surface area is 172 Å². The molecule has 0 N–H and O–H groups in total. The molecule has 0 spiro atoms. The lowest BCUT2D eigenvalue weighted by atomic mass is 10.1. The summed E-state index contributed by atoms with van der Waals surface area (Å²) in [4.78, 5) is 28.5. The third-order valence-corrected chi connectivity index (χ3v) is 5.28. The van der Waals surface area contributed by atoms with Crippen LogP contribution in [0.5, 0.6) is 11.5 Å². The molecule has 0 aromatic heterocycles. The molecule has 6 nitrogen and oxygen atoms in total. The van der Waals surface area contributed by atoms with E-state index in [2.05, 4.69) is 0 Å². The summed E-state index contributed by atoms with van der Waals surface area (Å²) in [7, 11) is 0. The second kappa shape index (κ2) is 8.29. The van der Waals surface area contributed by atoms with Crippen molar-refractivity contribution in [2.24, 2.45) is 0 Å². The molecule has 29 heavy (non-hydrogen) atoms. The van der Waals surface area contributed by atoms with Crippen molar-refractivity contribution in [3.8, 4) is 11.5 Å². The SMILES string of the molecule is O=C(Cc1ccc2c(c1)OCCO2)N1CCN(C(=O)c2cc(Cl)ccc2F)CC1. The lowest BCUT2D eigenvalue weighted by Gasteiger charge is -2.35. The van der Waals surface area contributed by atoms with Crippen molar-refractivity contribution >= 4 is 23.4 Å². The van der Waals surface area contributed by atoms with E-state index in [0.717, 1.165) is 5.56 Å². The van der Waals surface area contributed by atoms with Crippen LogP contribution in [0, 0.1) is 5.82 Å². The van der Waals surface area contributed by atoms with Gasteiger partial charge in [-0.25, -0.2) is 4.39 Å². The highest BCUT2D eigenvalue weighted by Gasteiger charge is 2.26. The minimum Gasteiger partial charge on any atom is -0.486 e. The molecule has 2 heterocycles. The van der Waals surface area contributed by atoms with Crippen LogP contribution in [0.25, 0.3) is 0 Å². The summed E-state index contributed by atoms with van der Waals surface area (Å²) in [5.41, 5.74) is 0.798. The number of halogens is 2. The lowest BCUT2D eigenvalue weighted by Crippen LogP contribution is -2.51. The van der Waals surface area contributed by atoms with E-state index in [4.69, 9.17) is 21.1 Å². The molecule has 2 aromatic rings.